The van der Waals surface area contributed by atoms with E-state index < -0.39 is 17.5 Å². The zero-order chi connectivity index (χ0) is 15.6. The summed E-state index contributed by atoms with van der Waals surface area (Å²) in [5.74, 6) is -2.26. The van der Waals surface area contributed by atoms with Crippen LogP contribution in [-0.4, -0.2) is 13.0 Å². The molecule has 1 amide bonds. The van der Waals surface area contributed by atoms with E-state index in [-0.39, 0.29) is 11.3 Å². The highest BCUT2D eigenvalue weighted by Crippen LogP contribution is 2.31. The molecule has 0 bridgehead atoms. The Hall–Kier alpha value is -1.47. The summed E-state index contributed by atoms with van der Waals surface area (Å²) in [6.07, 6.45) is 0. The molecule has 2 rings (SSSR count). The highest BCUT2D eigenvalue weighted by atomic mass is 79.9. The van der Waals surface area contributed by atoms with Crippen molar-refractivity contribution in [2.75, 3.05) is 17.7 Å². The van der Waals surface area contributed by atoms with Crippen LogP contribution in [0.15, 0.2) is 39.3 Å². The maximum atomic E-state index is 13.7. The van der Waals surface area contributed by atoms with E-state index >= 15 is 0 Å². The second kappa shape index (κ2) is 6.53. The SMILES string of the molecule is CNc1c(F)cc(C(=O)Nc2c(Br)cccc2Br)cc1F. The van der Waals surface area contributed by atoms with E-state index in [1.165, 1.54) is 7.05 Å². The molecule has 0 saturated carbocycles. The largest absolute Gasteiger partial charge is 0.383 e. The third kappa shape index (κ3) is 3.41. The zero-order valence-electron chi connectivity index (χ0n) is 10.8. The van der Waals surface area contributed by atoms with E-state index in [2.05, 4.69) is 42.5 Å². The van der Waals surface area contributed by atoms with Gasteiger partial charge in [0, 0.05) is 21.6 Å². The summed E-state index contributed by atoms with van der Waals surface area (Å²) in [6.45, 7) is 0. The van der Waals surface area contributed by atoms with Crippen molar-refractivity contribution in [1.82, 2.24) is 0 Å². The first-order chi connectivity index (χ1) is 9.93. The summed E-state index contributed by atoms with van der Waals surface area (Å²) in [7, 11) is 1.40. The number of nitrogens with one attached hydrogen (secondary N) is 2. The van der Waals surface area contributed by atoms with Gasteiger partial charge in [0.05, 0.1) is 5.69 Å². The van der Waals surface area contributed by atoms with Crippen LogP contribution in [0.25, 0.3) is 0 Å². The number of rotatable bonds is 3. The molecule has 0 spiro atoms. The molecule has 0 aromatic heterocycles. The topological polar surface area (TPSA) is 41.1 Å². The van der Waals surface area contributed by atoms with Gasteiger partial charge in [0.1, 0.15) is 17.3 Å². The first kappa shape index (κ1) is 15.9. The molecule has 2 aromatic rings. The van der Waals surface area contributed by atoms with E-state index in [1.54, 1.807) is 18.2 Å². The Balaban J connectivity index is 2.33. The molecule has 3 nitrogen and oxygen atoms in total. The van der Waals surface area contributed by atoms with Gasteiger partial charge in [-0.05, 0) is 56.1 Å². The lowest BCUT2D eigenvalue weighted by Crippen LogP contribution is -2.14. The highest BCUT2D eigenvalue weighted by molar-refractivity contribution is 9.11. The first-order valence-electron chi connectivity index (χ1n) is 5.86. The molecule has 2 aromatic carbocycles. The average molecular weight is 420 g/mol. The molecule has 0 heterocycles. The molecule has 0 radical (unpaired) electrons. The quantitative estimate of drug-likeness (QED) is 0.751. The fourth-order valence-corrected chi connectivity index (χ4v) is 2.94. The Kier molecular flexibility index (Phi) is 4.95. The number of benzene rings is 2. The van der Waals surface area contributed by atoms with E-state index in [9.17, 15) is 13.6 Å². The molecular weight excluding hydrogens is 410 g/mol. The first-order valence-corrected chi connectivity index (χ1v) is 7.44. The number of halogens is 4. The van der Waals surface area contributed by atoms with Crippen molar-refractivity contribution in [3.63, 3.8) is 0 Å². The van der Waals surface area contributed by atoms with Crippen molar-refractivity contribution < 1.29 is 13.6 Å². The van der Waals surface area contributed by atoms with Crippen LogP contribution < -0.4 is 10.6 Å². The third-order valence-corrected chi connectivity index (χ3v) is 4.08. The number of carbonyl (C=O) groups is 1. The minimum atomic E-state index is -0.825. The van der Waals surface area contributed by atoms with Crippen LogP contribution in [0.3, 0.4) is 0 Å². The maximum Gasteiger partial charge on any atom is 0.255 e. The minimum absolute atomic E-state index is 0.105. The van der Waals surface area contributed by atoms with Crippen LogP contribution in [0.1, 0.15) is 10.4 Å². The number of anilines is 2. The van der Waals surface area contributed by atoms with Gasteiger partial charge in [-0.1, -0.05) is 6.07 Å². The fourth-order valence-electron chi connectivity index (χ4n) is 1.75. The molecule has 0 unspecified atom stereocenters. The van der Waals surface area contributed by atoms with Crippen LogP contribution in [0.5, 0.6) is 0 Å². The zero-order valence-corrected chi connectivity index (χ0v) is 14.0. The normalized spacial score (nSPS) is 10.3. The lowest BCUT2D eigenvalue weighted by Gasteiger charge is -2.11. The number of hydrogen-bond donors (Lipinski definition) is 2. The van der Waals surface area contributed by atoms with Crippen molar-refractivity contribution in [3.8, 4) is 0 Å². The summed E-state index contributed by atoms with van der Waals surface area (Å²) in [6, 6.07) is 7.23. The van der Waals surface area contributed by atoms with E-state index in [4.69, 9.17) is 0 Å². The molecular formula is C14H10Br2F2N2O. The minimum Gasteiger partial charge on any atom is -0.383 e. The maximum absolute atomic E-state index is 13.7. The van der Waals surface area contributed by atoms with Gasteiger partial charge in [0.25, 0.3) is 5.91 Å². The van der Waals surface area contributed by atoms with E-state index in [0.29, 0.717) is 14.6 Å². The van der Waals surface area contributed by atoms with Crippen molar-refractivity contribution >= 4 is 49.1 Å². The van der Waals surface area contributed by atoms with Crippen molar-refractivity contribution in [2.24, 2.45) is 0 Å². The van der Waals surface area contributed by atoms with Crippen molar-refractivity contribution in [1.29, 1.82) is 0 Å². The standard InChI is InChI=1S/C14H10Br2F2N2O/c1-19-13-10(17)5-7(6-11(13)18)14(21)20-12-8(15)3-2-4-9(12)16/h2-6,19H,1H3,(H,20,21). The average Bonchev–Trinajstić information content (AvgIpc) is 2.42. The molecule has 0 atom stereocenters. The van der Waals surface area contributed by atoms with Crippen LogP contribution in [-0.2, 0) is 0 Å². The molecule has 2 N–H and O–H groups in total. The van der Waals surface area contributed by atoms with E-state index in [0.717, 1.165) is 12.1 Å². The van der Waals surface area contributed by atoms with E-state index in [1.807, 2.05) is 0 Å². The Labute approximate surface area is 137 Å². The molecule has 0 aliphatic heterocycles. The third-order valence-electron chi connectivity index (χ3n) is 2.76. The number of amides is 1. The molecule has 7 heteroatoms. The fraction of sp³-hybridized carbons (Fsp3) is 0.0714. The van der Waals surface area contributed by atoms with Crippen molar-refractivity contribution in [3.05, 3.63) is 56.5 Å². The second-order valence-electron chi connectivity index (χ2n) is 4.12. The smallest absolute Gasteiger partial charge is 0.255 e. The van der Waals surface area contributed by atoms with Gasteiger partial charge in [-0.2, -0.15) is 0 Å². The van der Waals surface area contributed by atoms with Crippen molar-refractivity contribution in [2.45, 2.75) is 0 Å². The summed E-state index contributed by atoms with van der Waals surface area (Å²) in [5, 5.41) is 5.00. The van der Waals surface area contributed by atoms with Gasteiger partial charge in [0.15, 0.2) is 0 Å². The van der Waals surface area contributed by atoms with Crippen LogP contribution in [0.2, 0.25) is 0 Å². The molecule has 0 fully saturated rings. The predicted molar refractivity (Wildman–Crippen MR) is 85.7 cm³/mol. The van der Waals surface area contributed by atoms with Gasteiger partial charge >= 0.3 is 0 Å². The summed E-state index contributed by atoms with van der Waals surface area (Å²) in [4.78, 5) is 12.1. The molecule has 0 saturated heterocycles. The van der Waals surface area contributed by atoms with Crippen LogP contribution >= 0.6 is 31.9 Å². The van der Waals surface area contributed by atoms with Gasteiger partial charge in [0.2, 0.25) is 0 Å². The lowest BCUT2D eigenvalue weighted by molar-refractivity contribution is 0.102. The Morgan fingerprint density at radius 2 is 1.57 bits per heavy atom. The van der Waals surface area contributed by atoms with Crippen LogP contribution in [0, 0.1) is 11.6 Å². The monoisotopic (exact) mass is 418 g/mol. The Morgan fingerprint density at radius 3 is 2.05 bits per heavy atom. The van der Waals surface area contributed by atoms with Gasteiger partial charge in [-0.15, -0.1) is 0 Å². The summed E-state index contributed by atoms with van der Waals surface area (Å²) in [5.41, 5.74) is 0.112. The number of para-hydroxylation sites is 1. The highest BCUT2D eigenvalue weighted by Gasteiger charge is 2.16. The predicted octanol–water partition coefficient (Wildman–Crippen LogP) is 4.78. The number of hydrogen-bond acceptors (Lipinski definition) is 2. The van der Waals surface area contributed by atoms with Gasteiger partial charge in [-0.3, -0.25) is 4.79 Å². The van der Waals surface area contributed by atoms with Gasteiger partial charge < -0.3 is 10.6 Å². The molecule has 21 heavy (non-hydrogen) atoms. The summed E-state index contributed by atoms with van der Waals surface area (Å²) >= 11 is 6.59. The Morgan fingerprint density at radius 1 is 1.05 bits per heavy atom. The van der Waals surface area contributed by atoms with Gasteiger partial charge in [-0.25, -0.2) is 8.78 Å². The van der Waals surface area contributed by atoms with Crippen LogP contribution in [0.4, 0.5) is 20.2 Å². The molecule has 0 aliphatic carbocycles. The molecule has 110 valence electrons. The lowest BCUT2D eigenvalue weighted by atomic mass is 10.1. The number of carbonyl (C=O) groups excluding carboxylic acids is 1. The Bertz CT molecular complexity index is 664. The second-order valence-corrected chi connectivity index (χ2v) is 5.82. The summed E-state index contributed by atoms with van der Waals surface area (Å²) < 4.78 is 28.6. The molecule has 0 aliphatic rings.